The summed E-state index contributed by atoms with van der Waals surface area (Å²) in [5.74, 6) is -0.528. The number of esters is 1. The topological polar surface area (TPSA) is 158 Å². The number of allylic oxidation sites excluding steroid dienone is 7. The number of hydrogen-bond acceptors (Lipinski definition) is 9. The third kappa shape index (κ3) is 38.2. The molecule has 0 saturated heterocycles. The second kappa shape index (κ2) is 39.2. The standard InChI is InChI=1S/C43H78NO9P/c1-3-5-7-8-9-10-11-12-13-14-15-16-17-21-24-28-36-50-38-42(39-52-54(48,49)51-37-35-44)53-43(47)34-29-33-41(46)32-27-23-20-18-19-22-26-31-40(45)30-25-6-4-2/h19-20,22-23,26-28,31-32,36,40-42,45-46H,3-18,21,24-25,29-30,33-35,37-39,44H2,1-2H3,(H,48,49)/b22-19-,23-20-,31-26+,32-27+,36-28+/t40-,41-,42-/m1/s1. The zero-order valence-corrected chi connectivity index (χ0v) is 34.8. The van der Waals surface area contributed by atoms with Crippen LogP contribution in [0.3, 0.4) is 0 Å². The smallest absolute Gasteiger partial charge is 0.472 e. The van der Waals surface area contributed by atoms with E-state index in [1.54, 1.807) is 24.5 Å². The van der Waals surface area contributed by atoms with Crippen LogP contribution in [0.2, 0.25) is 0 Å². The van der Waals surface area contributed by atoms with Crippen LogP contribution >= 0.6 is 7.82 Å². The average molecular weight is 784 g/mol. The number of aliphatic hydroxyl groups excluding tert-OH is 2. The Kier molecular flexibility index (Phi) is 37.7. The Labute approximate surface area is 329 Å². The maximum Gasteiger partial charge on any atom is 0.472 e. The van der Waals surface area contributed by atoms with E-state index in [1.807, 2.05) is 36.5 Å². The Bertz CT molecular complexity index is 1050. The van der Waals surface area contributed by atoms with E-state index in [0.29, 0.717) is 12.8 Å². The molecule has 0 aromatic rings. The molecule has 0 aliphatic rings. The third-order valence-corrected chi connectivity index (χ3v) is 9.69. The number of aliphatic hydroxyl groups is 2. The van der Waals surface area contributed by atoms with Gasteiger partial charge in [0.1, 0.15) is 6.61 Å². The van der Waals surface area contributed by atoms with Crippen molar-refractivity contribution < 1.29 is 43.0 Å². The zero-order valence-electron chi connectivity index (χ0n) is 33.9. The number of hydrogen-bond donors (Lipinski definition) is 4. The van der Waals surface area contributed by atoms with Crippen molar-refractivity contribution in [2.45, 2.75) is 180 Å². The van der Waals surface area contributed by atoms with Gasteiger partial charge in [-0.15, -0.1) is 0 Å². The molecule has 0 aliphatic heterocycles. The largest absolute Gasteiger partial charge is 0.498 e. The fraction of sp³-hybridized carbons (Fsp3) is 0.744. The molecule has 314 valence electrons. The van der Waals surface area contributed by atoms with E-state index in [1.165, 1.54) is 83.5 Å². The summed E-state index contributed by atoms with van der Waals surface area (Å²) in [6.45, 7) is 3.86. The van der Waals surface area contributed by atoms with E-state index in [0.717, 1.165) is 44.9 Å². The van der Waals surface area contributed by atoms with Crippen LogP contribution in [-0.2, 0) is 27.9 Å². The number of ether oxygens (including phenoxy) is 2. The van der Waals surface area contributed by atoms with Gasteiger partial charge in [-0.1, -0.05) is 165 Å². The number of phosphoric ester groups is 1. The lowest BCUT2D eigenvalue weighted by atomic mass is 10.0. The molecule has 0 rings (SSSR count). The summed E-state index contributed by atoms with van der Waals surface area (Å²) in [7, 11) is -4.36. The summed E-state index contributed by atoms with van der Waals surface area (Å²) in [5, 5.41) is 20.1. The summed E-state index contributed by atoms with van der Waals surface area (Å²) in [5.41, 5.74) is 5.34. The Hall–Kier alpha value is -2.04. The first-order valence-corrected chi connectivity index (χ1v) is 22.5. The van der Waals surface area contributed by atoms with Gasteiger partial charge in [0, 0.05) is 13.0 Å². The molecule has 11 heteroatoms. The molecular weight excluding hydrogens is 705 g/mol. The molecule has 1 unspecified atom stereocenters. The van der Waals surface area contributed by atoms with E-state index < -0.39 is 32.1 Å². The first-order valence-electron chi connectivity index (χ1n) is 21.0. The minimum atomic E-state index is -4.36. The Morgan fingerprint density at radius 2 is 1.19 bits per heavy atom. The molecule has 0 heterocycles. The summed E-state index contributed by atoms with van der Waals surface area (Å²) in [4.78, 5) is 22.4. The lowest BCUT2D eigenvalue weighted by Gasteiger charge is -2.19. The van der Waals surface area contributed by atoms with Crippen molar-refractivity contribution in [3.63, 3.8) is 0 Å². The summed E-state index contributed by atoms with van der Waals surface area (Å²) in [6.07, 6.45) is 41.1. The molecule has 0 bridgehead atoms. The lowest BCUT2D eigenvalue weighted by Crippen LogP contribution is -2.28. The normalized spacial score (nSPS) is 15.2. The van der Waals surface area contributed by atoms with Gasteiger partial charge in [0.25, 0.3) is 0 Å². The van der Waals surface area contributed by atoms with Gasteiger partial charge in [0.15, 0.2) is 6.10 Å². The van der Waals surface area contributed by atoms with E-state index >= 15 is 0 Å². The molecule has 0 aromatic heterocycles. The van der Waals surface area contributed by atoms with Crippen LogP contribution in [-0.4, -0.2) is 65.8 Å². The van der Waals surface area contributed by atoms with Crippen LogP contribution in [0.1, 0.15) is 162 Å². The molecule has 54 heavy (non-hydrogen) atoms. The molecule has 0 aliphatic carbocycles. The quantitative estimate of drug-likeness (QED) is 0.0155. The highest BCUT2D eigenvalue weighted by Gasteiger charge is 2.25. The summed E-state index contributed by atoms with van der Waals surface area (Å²) in [6, 6.07) is 0. The van der Waals surface area contributed by atoms with Crippen LogP contribution in [0.25, 0.3) is 0 Å². The van der Waals surface area contributed by atoms with Crippen molar-refractivity contribution in [3.05, 3.63) is 60.9 Å². The van der Waals surface area contributed by atoms with Crippen LogP contribution in [0, 0.1) is 0 Å². The Morgan fingerprint density at radius 3 is 1.74 bits per heavy atom. The number of nitrogens with two attached hydrogens (primary N) is 1. The van der Waals surface area contributed by atoms with Gasteiger partial charge in [-0.3, -0.25) is 13.8 Å². The van der Waals surface area contributed by atoms with Crippen molar-refractivity contribution >= 4 is 13.8 Å². The second-order valence-electron chi connectivity index (χ2n) is 14.0. The molecule has 0 spiro atoms. The average Bonchev–Trinajstić information content (AvgIpc) is 3.15. The highest BCUT2D eigenvalue weighted by atomic mass is 31.2. The van der Waals surface area contributed by atoms with Crippen molar-refractivity contribution in [1.82, 2.24) is 0 Å². The van der Waals surface area contributed by atoms with Gasteiger partial charge in [-0.25, -0.2) is 4.57 Å². The van der Waals surface area contributed by atoms with Crippen LogP contribution in [0.15, 0.2) is 60.9 Å². The molecule has 0 radical (unpaired) electrons. The first kappa shape index (κ1) is 52.0. The van der Waals surface area contributed by atoms with Gasteiger partial charge < -0.3 is 30.3 Å². The van der Waals surface area contributed by atoms with Crippen molar-refractivity contribution in [1.29, 1.82) is 0 Å². The molecule has 0 saturated carbocycles. The molecule has 5 N–H and O–H groups in total. The number of carbonyl (C=O) groups is 1. The van der Waals surface area contributed by atoms with Gasteiger partial charge in [0.2, 0.25) is 0 Å². The van der Waals surface area contributed by atoms with Crippen LogP contribution in [0.5, 0.6) is 0 Å². The van der Waals surface area contributed by atoms with Gasteiger partial charge >= 0.3 is 13.8 Å². The number of phosphoric acid groups is 1. The maximum atomic E-state index is 12.6. The highest BCUT2D eigenvalue weighted by Crippen LogP contribution is 2.43. The summed E-state index contributed by atoms with van der Waals surface area (Å²) >= 11 is 0. The van der Waals surface area contributed by atoms with Gasteiger partial charge in [-0.2, -0.15) is 0 Å². The lowest BCUT2D eigenvalue weighted by molar-refractivity contribution is -0.153. The number of rotatable bonds is 39. The Balaban J connectivity index is 4.36. The molecule has 0 amide bonds. The van der Waals surface area contributed by atoms with E-state index in [9.17, 15) is 24.5 Å². The zero-order chi connectivity index (χ0) is 39.8. The molecule has 0 fully saturated rings. The maximum absolute atomic E-state index is 12.6. The number of carbonyl (C=O) groups excluding carboxylic acids is 1. The van der Waals surface area contributed by atoms with Crippen molar-refractivity contribution in [2.75, 3.05) is 26.4 Å². The highest BCUT2D eigenvalue weighted by molar-refractivity contribution is 7.47. The third-order valence-electron chi connectivity index (χ3n) is 8.71. The van der Waals surface area contributed by atoms with Crippen LogP contribution in [0.4, 0.5) is 0 Å². The monoisotopic (exact) mass is 784 g/mol. The molecule has 10 nitrogen and oxygen atoms in total. The minimum Gasteiger partial charge on any atom is -0.498 e. The molecular formula is C43H78NO9P. The van der Waals surface area contributed by atoms with Gasteiger partial charge in [-0.05, 0) is 44.6 Å². The van der Waals surface area contributed by atoms with Gasteiger partial charge in [0.05, 0.1) is 31.7 Å². The predicted molar refractivity (Wildman–Crippen MR) is 222 cm³/mol. The van der Waals surface area contributed by atoms with Crippen molar-refractivity contribution in [3.8, 4) is 0 Å². The van der Waals surface area contributed by atoms with E-state index in [2.05, 4.69) is 13.8 Å². The SMILES string of the molecule is CCCCCCCCCCCCCCCC/C=C/OC[C@H](COP(=O)(O)OCCN)OC(=O)CCC[C@H](O)/C=C/C=C\C/C=C\C=C\[C@H](O)CCCCC. The molecule has 4 atom stereocenters. The first-order chi connectivity index (χ1) is 26.2. The van der Waals surface area contributed by atoms with Crippen LogP contribution < -0.4 is 5.73 Å². The fourth-order valence-corrected chi connectivity index (χ4v) is 6.29. The second-order valence-corrected chi connectivity index (χ2v) is 15.4. The number of unbranched alkanes of at least 4 members (excludes halogenated alkanes) is 16. The Morgan fingerprint density at radius 1 is 0.667 bits per heavy atom. The van der Waals surface area contributed by atoms with E-state index in [4.69, 9.17) is 24.3 Å². The minimum absolute atomic E-state index is 0.0534. The molecule has 0 aromatic carbocycles. The fourth-order valence-electron chi connectivity index (χ4n) is 5.53. The van der Waals surface area contributed by atoms with Crippen molar-refractivity contribution in [2.24, 2.45) is 5.73 Å². The van der Waals surface area contributed by atoms with E-state index in [-0.39, 0.29) is 32.8 Å². The summed E-state index contributed by atoms with van der Waals surface area (Å²) < 4.78 is 33.0. The predicted octanol–water partition coefficient (Wildman–Crippen LogP) is 10.5.